The number of carbonyl (C=O) groups excluding carboxylic acids is 1. The summed E-state index contributed by atoms with van der Waals surface area (Å²) in [4.78, 5) is 12.4. The third kappa shape index (κ3) is 4.67. The molecule has 2 aromatic rings. The Bertz CT molecular complexity index is 828. The van der Waals surface area contributed by atoms with Gasteiger partial charge in [0.2, 0.25) is 0 Å². The molecular weight excluding hydrogens is 356 g/mol. The van der Waals surface area contributed by atoms with Gasteiger partial charge in [-0.1, -0.05) is 6.07 Å². The van der Waals surface area contributed by atoms with Crippen LogP contribution >= 0.6 is 0 Å². The number of amides is 1. The van der Waals surface area contributed by atoms with E-state index in [1.54, 1.807) is 0 Å². The Morgan fingerprint density at radius 1 is 1.04 bits per heavy atom. The third-order valence-corrected chi connectivity index (χ3v) is 4.20. The van der Waals surface area contributed by atoms with Gasteiger partial charge in [0.1, 0.15) is 5.75 Å². The maximum Gasteiger partial charge on any atom is 0.261 e. The molecule has 5 nitrogen and oxygen atoms in total. The van der Waals surface area contributed by atoms with Crippen LogP contribution in [0.3, 0.4) is 0 Å². The van der Waals surface area contributed by atoms with Crippen LogP contribution < -0.4 is 19.5 Å². The molecule has 0 saturated carbocycles. The molecule has 2 aromatic carbocycles. The van der Waals surface area contributed by atoms with E-state index in [1.165, 1.54) is 13.0 Å². The van der Waals surface area contributed by atoms with Gasteiger partial charge in [0.25, 0.3) is 5.91 Å². The number of rotatable bonds is 5. The highest BCUT2D eigenvalue weighted by Gasteiger charge is 2.20. The lowest BCUT2D eigenvalue weighted by Crippen LogP contribution is -2.37. The van der Waals surface area contributed by atoms with E-state index < -0.39 is 17.7 Å². The molecule has 0 spiro atoms. The van der Waals surface area contributed by atoms with Gasteiger partial charge in [-0.3, -0.25) is 4.79 Å². The summed E-state index contributed by atoms with van der Waals surface area (Å²) in [5.41, 5.74) is 0.854. The predicted octanol–water partition coefficient (Wildman–Crippen LogP) is 3.77. The van der Waals surface area contributed by atoms with Crippen LogP contribution in [0.25, 0.3) is 0 Å². The zero-order valence-corrected chi connectivity index (χ0v) is 15.1. The van der Waals surface area contributed by atoms with Crippen LogP contribution in [0.5, 0.6) is 17.2 Å². The number of ether oxygens (including phenoxy) is 3. The second kappa shape index (κ2) is 8.24. The molecule has 0 fully saturated rings. The number of hydrogen-bond acceptors (Lipinski definition) is 4. The highest BCUT2D eigenvalue weighted by molar-refractivity contribution is 5.81. The van der Waals surface area contributed by atoms with Gasteiger partial charge in [-0.2, -0.15) is 0 Å². The highest BCUT2D eigenvalue weighted by Crippen LogP contribution is 2.32. The Kier molecular flexibility index (Phi) is 5.78. The van der Waals surface area contributed by atoms with Crippen molar-refractivity contribution in [3.63, 3.8) is 0 Å². The molecule has 3 rings (SSSR count). The number of benzene rings is 2. The summed E-state index contributed by atoms with van der Waals surface area (Å²) < 4.78 is 42.9. The van der Waals surface area contributed by atoms with E-state index in [9.17, 15) is 13.6 Å². The summed E-state index contributed by atoms with van der Waals surface area (Å²) in [5, 5.41) is 2.84. The Balaban J connectivity index is 1.62. The second-order valence-electron chi connectivity index (χ2n) is 6.32. The van der Waals surface area contributed by atoms with E-state index in [1.807, 2.05) is 25.1 Å². The van der Waals surface area contributed by atoms with E-state index in [4.69, 9.17) is 14.2 Å². The standard InChI is InChI=1S/C20H21F2NO4/c1-12(14-4-7-18-19(10-14)26-9-3-8-25-18)23-20(24)13(2)27-15-5-6-16(21)17(22)11-15/h4-7,10-13H,3,8-9H2,1-2H3,(H,23,24). The number of halogens is 2. The van der Waals surface area contributed by atoms with Crippen LogP contribution in [0.4, 0.5) is 8.78 Å². The molecule has 1 N–H and O–H groups in total. The van der Waals surface area contributed by atoms with Crippen molar-refractivity contribution in [3.8, 4) is 17.2 Å². The minimum atomic E-state index is -1.03. The average molecular weight is 377 g/mol. The summed E-state index contributed by atoms with van der Waals surface area (Å²) in [6.07, 6.45) is -0.0625. The summed E-state index contributed by atoms with van der Waals surface area (Å²) in [5.74, 6) is -0.954. The van der Waals surface area contributed by atoms with E-state index in [0.717, 1.165) is 24.1 Å². The first-order valence-corrected chi connectivity index (χ1v) is 8.75. The Morgan fingerprint density at radius 2 is 1.78 bits per heavy atom. The molecule has 2 atom stereocenters. The molecule has 7 heteroatoms. The van der Waals surface area contributed by atoms with Gasteiger partial charge in [0, 0.05) is 12.5 Å². The van der Waals surface area contributed by atoms with Crippen molar-refractivity contribution in [1.29, 1.82) is 0 Å². The highest BCUT2D eigenvalue weighted by atomic mass is 19.2. The summed E-state index contributed by atoms with van der Waals surface area (Å²) in [6.45, 7) is 4.56. The number of hydrogen-bond donors (Lipinski definition) is 1. The van der Waals surface area contributed by atoms with Crippen LogP contribution in [0, 0.1) is 11.6 Å². The first-order valence-electron chi connectivity index (χ1n) is 8.75. The van der Waals surface area contributed by atoms with Gasteiger partial charge in [0.05, 0.1) is 19.3 Å². The molecule has 2 unspecified atom stereocenters. The fourth-order valence-corrected chi connectivity index (χ4v) is 2.67. The molecular formula is C20H21F2NO4. The molecule has 1 heterocycles. The van der Waals surface area contributed by atoms with Crippen molar-refractivity contribution in [3.05, 3.63) is 53.6 Å². The van der Waals surface area contributed by atoms with Gasteiger partial charge in [-0.15, -0.1) is 0 Å². The minimum absolute atomic E-state index is 0.0831. The van der Waals surface area contributed by atoms with Gasteiger partial charge in [-0.25, -0.2) is 8.78 Å². The zero-order valence-electron chi connectivity index (χ0n) is 15.1. The summed E-state index contributed by atoms with van der Waals surface area (Å²) >= 11 is 0. The second-order valence-corrected chi connectivity index (χ2v) is 6.32. The molecule has 1 aliphatic heterocycles. The van der Waals surface area contributed by atoms with Crippen LogP contribution in [-0.4, -0.2) is 25.2 Å². The topological polar surface area (TPSA) is 56.8 Å². The molecule has 0 radical (unpaired) electrons. The Hall–Kier alpha value is -2.83. The number of fused-ring (bicyclic) bond motifs is 1. The molecule has 1 amide bonds. The van der Waals surface area contributed by atoms with Gasteiger partial charge >= 0.3 is 0 Å². The van der Waals surface area contributed by atoms with Gasteiger partial charge in [-0.05, 0) is 43.7 Å². The SMILES string of the molecule is CC(Oc1ccc(F)c(F)c1)C(=O)NC(C)c1ccc2c(c1)OCCCO2. The fourth-order valence-electron chi connectivity index (χ4n) is 2.67. The van der Waals surface area contributed by atoms with Crippen molar-refractivity contribution in [2.45, 2.75) is 32.4 Å². The maximum atomic E-state index is 13.3. The molecule has 0 aliphatic carbocycles. The average Bonchev–Trinajstić information content (AvgIpc) is 2.89. The predicted molar refractivity (Wildman–Crippen MR) is 95.1 cm³/mol. The molecule has 0 aromatic heterocycles. The smallest absolute Gasteiger partial charge is 0.261 e. The van der Waals surface area contributed by atoms with Crippen LogP contribution in [0.1, 0.15) is 31.9 Å². The zero-order chi connectivity index (χ0) is 19.4. The first kappa shape index (κ1) is 18.9. The van der Waals surface area contributed by atoms with Crippen LogP contribution in [-0.2, 0) is 4.79 Å². The summed E-state index contributed by atoms with van der Waals surface area (Å²) in [7, 11) is 0. The van der Waals surface area contributed by atoms with Crippen molar-refractivity contribution >= 4 is 5.91 Å². The van der Waals surface area contributed by atoms with Gasteiger partial charge in [0.15, 0.2) is 29.2 Å². The first-order chi connectivity index (χ1) is 12.9. The Morgan fingerprint density at radius 3 is 2.52 bits per heavy atom. The lowest BCUT2D eigenvalue weighted by molar-refractivity contribution is -0.127. The molecule has 144 valence electrons. The minimum Gasteiger partial charge on any atom is -0.490 e. The third-order valence-electron chi connectivity index (χ3n) is 4.20. The number of nitrogens with one attached hydrogen (secondary N) is 1. The van der Waals surface area contributed by atoms with Crippen molar-refractivity contribution in [1.82, 2.24) is 5.32 Å². The normalized spacial score (nSPS) is 15.4. The maximum absolute atomic E-state index is 13.3. The van der Waals surface area contributed by atoms with E-state index in [2.05, 4.69) is 5.32 Å². The van der Waals surface area contributed by atoms with E-state index in [0.29, 0.717) is 24.7 Å². The fraction of sp³-hybridized carbons (Fsp3) is 0.350. The van der Waals surface area contributed by atoms with Gasteiger partial charge < -0.3 is 19.5 Å². The number of carbonyl (C=O) groups is 1. The van der Waals surface area contributed by atoms with Crippen molar-refractivity contribution < 1.29 is 27.8 Å². The Labute approximate surface area is 156 Å². The molecule has 1 aliphatic rings. The van der Waals surface area contributed by atoms with Crippen molar-refractivity contribution in [2.75, 3.05) is 13.2 Å². The van der Waals surface area contributed by atoms with Crippen LogP contribution in [0.15, 0.2) is 36.4 Å². The van der Waals surface area contributed by atoms with Crippen molar-refractivity contribution in [2.24, 2.45) is 0 Å². The van der Waals surface area contributed by atoms with Crippen LogP contribution in [0.2, 0.25) is 0 Å². The van der Waals surface area contributed by atoms with E-state index in [-0.39, 0.29) is 17.7 Å². The summed E-state index contributed by atoms with van der Waals surface area (Å²) in [6, 6.07) is 8.36. The monoisotopic (exact) mass is 377 g/mol. The molecule has 27 heavy (non-hydrogen) atoms. The molecule has 0 saturated heterocycles. The largest absolute Gasteiger partial charge is 0.490 e. The quantitative estimate of drug-likeness (QED) is 0.862. The lowest BCUT2D eigenvalue weighted by atomic mass is 10.1. The van der Waals surface area contributed by atoms with E-state index >= 15 is 0 Å². The lowest BCUT2D eigenvalue weighted by Gasteiger charge is -2.20. The molecule has 0 bridgehead atoms.